The number of hydrogen-bond donors (Lipinski definition) is 5. The van der Waals surface area contributed by atoms with E-state index in [2.05, 4.69) is 0 Å². The van der Waals surface area contributed by atoms with Crippen LogP contribution in [0, 0.1) is 0 Å². The molecule has 0 atom stereocenters. The van der Waals surface area contributed by atoms with Gasteiger partial charge in [-0.1, -0.05) is 0 Å². The smallest absolute Gasteiger partial charge is 0.300 e. The van der Waals surface area contributed by atoms with Crippen LogP contribution in [0.2, 0.25) is 0 Å². The van der Waals surface area contributed by atoms with Crippen molar-refractivity contribution in [1.29, 1.82) is 0 Å². The molecule has 0 aromatic carbocycles. The third kappa shape index (κ3) is 1500. The van der Waals surface area contributed by atoms with Gasteiger partial charge in [0.25, 0.3) is 29.8 Å². The zero-order chi connectivity index (χ0) is 20.6. The van der Waals surface area contributed by atoms with Gasteiger partial charge in [-0.2, -0.15) is 0 Å². The molecule has 0 amide bonds. The lowest BCUT2D eigenvalue weighted by molar-refractivity contribution is -0.135. The summed E-state index contributed by atoms with van der Waals surface area (Å²) in [5.41, 5.74) is 0. The Morgan fingerprint density at radius 1 is 0.522 bits per heavy atom. The molecule has 0 bridgehead atoms. The SMILES string of the molecule is CC(=O)O.CC(=O)O.CC(=O)O.CC(=O)O.CC(=O)O.ClCCl. The Hall–Kier alpha value is -2.07. The molecule has 23 heavy (non-hydrogen) atoms. The molecule has 5 N–H and O–H groups in total. The van der Waals surface area contributed by atoms with Gasteiger partial charge in [-0.25, -0.2) is 0 Å². The van der Waals surface area contributed by atoms with E-state index in [9.17, 15) is 0 Å². The Morgan fingerprint density at radius 2 is 0.522 bits per heavy atom. The molecule has 0 fully saturated rings. The normalized spacial score (nSPS) is 6.22. The van der Waals surface area contributed by atoms with Crippen molar-refractivity contribution in [3.8, 4) is 0 Å². The molecule has 0 rings (SSSR count). The van der Waals surface area contributed by atoms with Crippen molar-refractivity contribution in [3.63, 3.8) is 0 Å². The molecule has 10 nitrogen and oxygen atoms in total. The van der Waals surface area contributed by atoms with Crippen LogP contribution in [0.15, 0.2) is 0 Å². The molecule has 0 aliphatic carbocycles. The predicted octanol–water partition coefficient (Wildman–Crippen LogP) is 1.88. The van der Waals surface area contributed by atoms with Crippen molar-refractivity contribution in [2.45, 2.75) is 34.6 Å². The second-order valence-electron chi connectivity index (χ2n) is 2.70. The first-order chi connectivity index (χ1) is 10.1. The van der Waals surface area contributed by atoms with Crippen LogP contribution in [0.1, 0.15) is 34.6 Å². The van der Waals surface area contributed by atoms with Gasteiger partial charge in [0.2, 0.25) is 0 Å². The molecule has 0 heterocycles. The molecule has 0 aliphatic rings. The van der Waals surface area contributed by atoms with Gasteiger partial charge in [0.15, 0.2) is 0 Å². The highest BCUT2D eigenvalue weighted by Crippen LogP contribution is 1.73. The number of rotatable bonds is 0. The minimum atomic E-state index is -0.833. The van der Waals surface area contributed by atoms with Crippen LogP contribution in [-0.2, 0) is 24.0 Å². The molecule has 140 valence electrons. The van der Waals surface area contributed by atoms with Crippen LogP contribution < -0.4 is 0 Å². The quantitative estimate of drug-likeness (QED) is 0.385. The summed E-state index contributed by atoms with van der Waals surface area (Å²) >= 11 is 9.53. The van der Waals surface area contributed by atoms with Gasteiger partial charge >= 0.3 is 0 Å². The van der Waals surface area contributed by atoms with Gasteiger partial charge < -0.3 is 25.5 Å². The largest absolute Gasteiger partial charge is 0.481 e. The minimum absolute atomic E-state index is 0.194. The van der Waals surface area contributed by atoms with Gasteiger partial charge in [-0.05, 0) is 0 Å². The lowest BCUT2D eigenvalue weighted by Crippen LogP contribution is -1.78. The van der Waals surface area contributed by atoms with Crippen LogP contribution >= 0.6 is 23.2 Å². The van der Waals surface area contributed by atoms with Crippen LogP contribution in [0.25, 0.3) is 0 Å². The molecule has 0 saturated carbocycles. The summed E-state index contributed by atoms with van der Waals surface area (Å²) in [4.78, 5) is 45.0. The first-order valence-electron chi connectivity index (χ1n) is 5.17. The monoisotopic (exact) mass is 384 g/mol. The summed E-state index contributed by atoms with van der Waals surface area (Å²) < 4.78 is 0. The molecule has 12 heteroatoms. The van der Waals surface area contributed by atoms with E-state index in [-0.39, 0.29) is 5.34 Å². The maximum Gasteiger partial charge on any atom is 0.300 e. The van der Waals surface area contributed by atoms with E-state index in [0.29, 0.717) is 0 Å². The Kier molecular flexibility index (Phi) is 59.7. The number of carboxylic acid groups (broad SMARTS) is 5. The highest BCUT2D eigenvalue weighted by atomic mass is 35.5. The number of aliphatic carboxylic acids is 5. The highest BCUT2D eigenvalue weighted by molar-refractivity contribution is 6.40. The maximum absolute atomic E-state index is 9.00. The molecule has 0 aromatic rings. The number of hydrogen-bond acceptors (Lipinski definition) is 5. The molecule has 0 aromatic heterocycles. The standard InChI is InChI=1S/5C2H4O2.CH2Cl2/c5*1-2(3)4;2-1-3/h5*1H3,(H,3,4);1H2. The van der Waals surface area contributed by atoms with Crippen LogP contribution in [0.3, 0.4) is 0 Å². The molecule has 0 aliphatic heterocycles. The fourth-order valence-electron chi connectivity index (χ4n) is 0. The van der Waals surface area contributed by atoms with E-state index in [0.717, 1.165) is 34.6 Å². The fourth-order valence-corrected chi connectivity index (χ4v) is 0. The van der Waals surface area contributed by atoms with Crippen LogP contribution in [-0.4, -0.2) is 60.7 Å². The molecule has 0 spiro atoms. The fraction of sp³-hybridized carbons (Fsp3) is 0.545. The summed E-state index contributed by atoms with van der Waals surface area (Å²) in [5.74, 6) is -4.17. The maximum atomic E-state index is 9.00. The number of carboxylic acids is 5. The summed E-state index contributed by atoms with van der Waals surface area (Å²) in [5, 5.41) is 37.3. The number of halogens is 2. The topological polar surface area (TPSA) is 186 Å². The van der Waals surface area contributed by atoms with Crippen molar-refractivity contribution in [2.24, 2.45) is 0 Å². The molecular formula is C11H22Cl2O10. The number of alkyl halides is 2. The Bertz CT molecular complexity index is 228. The Labute approximate surface area is 143 Å². The second kappa shape index (κ2) is 36.8. The van der Waals surface area contributed by atoms with E-state index in [4.69, 9.17) is 72.7 Å². The van der Waals surface area contributed by atoms with E-state index < -0.39 is 29.8 Å². The van der Waals surface area contributed by atoms with E-state index in [1.54, 1.807) is 0 Å². The van der Waals surface area contributed by atoms with Gasteiger partial charge in [0.05, 0.1) is 5.34 Å². The molecule has 0 unspecified atom stereocenters. The third-order valence-corrected chi connectivity index (χ3v) is 0. The third-order valence-electron chi connectivity index (χ3n) is 0. The summed E-state index contributed by atoms with van der Waals surface area (Å²) in [7, 11) is 0. The van der Waals surface area contributed by atoms with Gasteiger partial charge in [0, 0.05) is 34.6 Å². The predicted molar refractivity (Wildman–Crippen MR) is 83.1 cm³/mol. The second-order valence-corrected chi connectivity index (χ2v) is 3.50. The first kappa shape index (κ1) is 37.3. The Morgan fingerprint density at radius 3 is 0.522 bits per heavy atom. The lowest BCUT2D eigenvalue weighted by Gasteiger charge is -1.59. The summed E-state index contributed by atoms with van der Waals surface area (Å²) in [6.07, 6.45) is 0. The molecular weight excluding hydrogens is 363 g/mol. The van der Waals surface area contributed by atoms with E-state index >= 15 is 0 Å². The lowest BCUT2D eigenvalue weighted by atomic mass is 10.9. The van der Waals surface area contributed by atoms with E-state index in [1.165, 1.54) is 0 Å². The van der Waals surface area contributed by atoms with E-state index in [1.807, 2.05) is 0 Å². The highest BCUT2D eigenvalue weighted by Gasteiger charge is 1.67. The summed E-state index contributed by atoms with van der Waals surface area (Å²) in [6, 6.07) is 0. The average Bonchev–Trinajstić information content (AvgIpc) is 2.11. The van der Waals surface area contributed by atoms with Crippen molar-refractivity contribution < 1.29 is 49.5 Å². The van der Waals surface area contributed by atoms with Gasteiger partial charge in [0.1, 0.15) is 0 Å². The molecule has 0 radical (unpaired) electrons. The first-order valence-corrected chi connectivity index (χ1v) is 6.24. The average molecular weight is 385 g/mol. The molecule has 0 saturated heterocycles. The minimum Gasteiger partial charge on any atom is -0.481 e. The van der Waals surface area contributed by atoms with Crippen molar-refractivity contribution in [2.75, 3.05) is 5.34 Å². The zero-order valence-electron chi connectivity index (χ0n) is 13.2. The van der Waals surface area contributed by atoms with Gasteiger partial charge in [-0.3, -0.25) is 24.0 Å². The van der Waals surface area contributed by atoms with Crippen LogP contribution in [0.4, 0.5) is 0 Å². The summed E-state index contributed by atoms with van der Waals surface area (Å²) in [6.45, 7) is 5.42. The number of carbonyl (C=O) groups is 5. The van der Waals surface area contributed by atoms with Crippen LogP contribution in [0.5, 0.6) is 0 Å². The van der Waals surface area contributed by atoms with Crippen molar-refractivity contribution in [1.82, 2.24) is 0 Å². The zero-order valence-corrected chi connectivity index (χ0v) is 14.8. The van der Waals surface area contributed by atoms with Crippen molar-refractivity contribution in [3.05, 3.63) is 0 Å². The Balaban J connectivity index is -0.0000000378. The van der Waals surface area contributed by atoms with Crippen molar-refractivity contribution >= 4 is 53.0 Å². The van der Waals surface area contributed by atoms with Gasteiger partial charge in [-0.15, -0.1) is 23.2 Å².